The van der Waals surface area contributed by atoms with Crippen LogP contribution in [-0.2, 0) is 9.53 Å². The van der Waals surface area contributed by atoms with Gasteiger partial charge in [0.1, 0.15) is 5.75 Å². The first-order valence-electron chi connectivity index (χ1n) is 11.4. The van der Waals surface area contributed by atoms with E-state index in [4.69, 9.17) is 9.47 Å². The highest BCUT2D eigenvalue weighted by Gasteiger charge is 2.35. The first-order chi connectivity index (χ1) is 14.8. The van der Waals surface area contributed by atoms with Crippen molar-refractivity contribution in [1.82, 2.24) is 4.90 Å². The van der Waals surface area contributed by atoms with Crippen LogP contribution in [0.4, 0.5) is 0 Å². The highest BCUT2D eigenvalue weighted by Crippen LogP contribution is 2.43. The van der Waals surface area contributed by atoms with Crippen LogP contribution in [0.25, 0.3) is 0 Å². The van der Waals surface area contributed by atoms with Gasteiger partial charge in [0.2, 0.25) is 5.91 Å². The van der Waals surface area contributed by atoms with Gasteiger partial charge in [-0.1, -0.05) is 48.5 Å². The second-order valence-corrected chi connectivity index (χ2v) is 9.30. The van der Waals surface area contributed by atoms with E-state index in [2.05, 4.69) is 45.0 Å². The Morgan fingerprint density at radius 1 is 1.16 bits per heavy atom. The van der Waals surface area contributed by atoms with Gasteiger partial charge in [0.15, 0.2) is 0 Å². The molecule has 0 saturated carbocycles. The van der Waals surface area contributed by atoms with E-state index in [1.165, 1.54) is 11.1 Å². The molecule has 2 aromatic rings. The Morgan fingerprint density at radius 3 is 2.48 bits per heavy atom. The van der Waals surface area contributed by atoms with Crippen molar-refractivity contribution in [2.45, 2.75) is 64.5 Å². The van der Waals surface area contributed by atoms with E-state index < -0.39 is 0 Å². The number of carbonyl (C=O) groups excluding carboxylic acids is 1. The number of nitrogens with zero attached hydrogens (tertiary/aromatic N) is 1. The van der Waals surface area contributed by atoms with Crippen LogP contribution < -0.4 is 4.74 Å². The van der Waals surface area contributed by atoms with Crippen molar-refractivity contribution in [2.75, 3.05) is 20.3 Å². The minimum Gasteiger partial charge on any atom is -0.496 e. The molecule has 168 valence electrons. The predicted molar refractivity (Wildman–Crippen MR) is 125 cm³/mol. The molecule has 1 fully saturated rings. The molecular formula is C27H37NO3. The van der Waals surface area contributed by atoms with Crippen LogP contribution in [0.15, 0.2) is 54.6 Å². The number of amides is 1. The van der Waals surface area contributed by atoms with E-state index in [9.17, 15) is 4.79 Å². The van der Waals surface area contributed by atoms with Crippen molar-refractivity contribution < 1.29 is 14.3 Å². The van der Waals surface area contributed by atoms with Gasteiger partial charge >= 0.3 is 0 Å². The largest absolute Gasteiger partial charge is 0.496 e. The third-order valence-electron chi connectivity index (χ3n) is 6.68. The van der Waals surface area contributed by atoms with Gasteiger partial charge in [-0.05, 0) is 69.1 Å². The topological polar surface area (TPSA) is 38.8 Å². The Hall–Kier alpha value is -2.33. The zero-order chi connectivity index (χ0) is 22.4. The summed E-state index contributed by atoms with van der Waals surface area (Å²) in [5.74, 6) is 1.84. The van der Waals surface area contributed by atoms with Crippen molar-refractivity contribution in [1.29, 1.82) is 0 Å². The van der Waals surface area contributed by atoms with Crippen LogP contribution in [0.3, 0.4) is 0 Å². The molecule has 31 heavy (non-hydrogen) atoms. The molecule has 4 nitrogen and oxygen atoms in total. The normalized spacial score (nSPS) is 20.0. The molecule has 1 heterocycles. The molecule has 0 unspecified atom stereocenters. The lowest BCUT2D eigenvalue weighted by Gasteiger charge is -2.40. The fraction of sp³-hybridized carbons (Fsp3) is 0.519. The van der Waals surface area contributed by atoms with Crippen LogP contribution in [0.2, 0.25) is 0 Å². The van der Waals surface area contributed by atoms with Crippen LogP contribution in [0.1, 0.15) is 70.0 Å². The highest BCUT2D eigenvalue weighted by molar-refractivity contribution is 5.73. The van der Waals surface area contributed by atoms with Crippen molar-refractivity contribution >= 4 is 5.91 Å². The molecule has 3 rings (SSSR count). The molecule has 0 aliphatic carbocycles. The van der Waals surface area contributed by atoms with Gasteiger partial charge in [0.25, 0.3) is 0 Å². The minimum absolute atomic E-state index is 0.0446. The molecule has 3 atom stereocenters. The number of para-hydroxylation sites is 1. The third-order valence-corrected chi connectivity index (χ3v) is 6.68. The summed E-state index contributed by atoms with van der Waals surface area (Å²) in [6.45, 7) is 9.64. The molecule has 0 bridgehead atoms. The first kappa shape index (κ1) is 23.3. The van der Waals surface area contributed by atoms with Crippen LogP contribution >= 0.6 is 0 Å². The van der Waals surface area contributed by atoms with Gasteiger partial charge < -0.3 is 14.4 Å². The smallest absolute Gasteiger partial charge is 0.219 e. The molecule has 0 N–H and O–H groups in total. The van der Waals surface area contributed by atoms with Crippen molar-refractivity contribution in [3.63, 3.8) is 0 Å². The van der Waals surface area contributed by atoms with E-state index in [1.807, 2.05) is 35.2 Å². The van der Waals surface area contributed by atoms with Crippen LogP contribution in [-0.4, -0.2) is 36.7 Å². The van der Waals surface area contributed by atoms with Gasteiger partial charge in [0, 0.05) is 20.1 Å². The summed E-state index contributed by atoms with van der Waals surface area (Å²) in [7, 11) is 1.74. The molecule has 1 aliphatic heterocycles. The minimum atomic E-state index is -0.124. The number of rotatable bonds is 8. The molecule has 0 aromatic heterocycles. The maximum atomic E-state index is 12.6. The summed E-state index contributed by atoms with van der Waals surface area (Å²) >= 11 is 0. The first-order valence-corrected chi connectivity index (χ1v) is 11.4. The maximum absolute atomic E-state index is 12.6. The monoisotopic (exact) mass is 423 g/mol. The summed E-state index contributed by atoms with van der Waals surface area (Å²) in [6.07, 6.45) is 2.93. The van der Waals surface area contributed by atoms with Gasteiger partial charge in [-0.3, -0.25) is 4.79 Å². The van der Waals surface area contributed by atoms with Crippen LogP contribution in [0.5, 0.6) is 5.75 Å². The second-order valence-electron chi connectivity index (χ2n) is 9.30. The lowest BCUT2D eigenvalue weighted by Crippen LogP contribution is -2.38. The Bertz CT molecular complexity index is 849. The quantitative estimate of drug-likeness (QED) is 0.524. The van der Waals surface area contributed by atoms with Crippen molar-refractivity contribution in [3.05, 3.63) is 65.7 Å². The van der Waals surface area contributed by atoms with Gasteiger partial charge in [-0.2, -0.15) is 0 Å². The van der Waals surface area contributed by atoms with Crippen LogP contribution in [0, 0.1) is 5.92 Å². The fourth-order valence-electron chi connectivity index (χ4n) is 5.05. The lowest BCUT2D eigenvalue weighted by atomic mass is 9.74. The number of hydrogen-bond donors (Lipinski definition) is 0. The molecule has 0 spiro atoms. The molecule has 2 aromatic carbocycles. The number of benzene rings is 2. The van der Waals surface area contributed by atoms with E-state index in [0.717, 1.165) is 31.6 Å². The summed E-state index contributed by atoms with van der Waals surface area (Å²) < 4.78 is 11.7. The molecular weight excluding hydrogens is 386 g/mol. The Labute approximate surface area is 187 Å². The SMILES string of the molecule is COc1ccccc1[C@H](CCN(C(C)=O)[C@H](C)c1ccccc1)[C@@H]1CCOC(C)(C)C1. The zero-order valence-electron chi connectivity index (χ0n) is 19.6. The number of methoxy groups -OCH3 is 1. The summed E-state index contributed by atoms with van der Waals surface area (Å²) in [5, 5.41) is 0. The number of hydrogen-bond acceptors (Lipinski definition) is 3. The Kier molecular flexibility index (Phi) is 7.77. The van der Waals surface area contributed by atoms with Gasteiger partial charge in [0.05, 0.1) is 18.8 Å². The number of ether oxygens (including phenoxy) is 2. The molecule has 1 aliphatic rings. The average Bonchev–Trinajstić information content (AvgIpc) is 2.76. The maximum Gasteiger partial charge on any atom is 0.219 e. The third kappa shape index (κ3) is 5.88. The molecule has 0 radical (unpaired) electrons. The predicted octanol–water partition coefficient (Wildman–Crippen LogP) is 5.98. The van der Waals surface area contributed by atoms with E-state index in [1.54, 1.807) is 14.0 Å². The second kappa shape index (κ2) is 10.3. The Balaban J connectivity index is 1.86. The summed E-state index contributed by atoms with van der Waals surface area (Å²) in [6, 6.07) is 18.7. The highest BCUT2D eigenvalue weighted by atomic mass is 16.5. The fourth-order valence-corrected chi connectivity index (χ4v) is 5.05. The average molecular weight is 424 g/mol. The zero-order valence-corrected chi connectivity index (χ0v) is 19.6. The summed E-state index contributed by atoms with van der Waals surface area (Å²) in [4.78, 5) is 14.6. The molecule has 1 amide bonds. The molecule has 4 heteroatoms. The summed E-state index contributed by atoms with van der Waals surface area (Å²) in [5.41, 5.74) is 2.28. The molecule has 1 saturated heterocycles. The van der Waals surface area contributed by atoms with Gasteiger partial charge in [-0.15, -0.1) is 0 Å². The van der Waals surface area contributed by atoms with E-state index >= 15 is 0 Å². The standard InChI is InChI=1S/C27H37NO3/c1-20(22-11-7-6-8-12-22)28(21(2)29)17-15-24(23-16-18-31-27(3,4)19-23)25-13-9-10-14-26(25)30-5/h6-14,20,23-24H,15-19H2,1-5H3/t20-,23-,24-/m1/s1. The number of carbonyl (C=O) groups is 1. The van der Waals surface area contributed by atoms with E-state index in [-0.39, 0.29) is 17.6 Å². The lowest BCUT2D eigenvalue weighted by molar-refractivity contribution is -0.131. The van der Waals surface area contributed by atoms with E-state index in [0.29, 0.717) is 18.4 Å². The Morgan fingerprint density at radius 2 is 1.84 bits per heavy atom. The van der Waals surface area contributed by atoms with Crippen molar-refractivity contribution in [3.8, 4) is 5.75 Å². The van der Waals surface area contributed by atoms with Gasteiger partial charge in [-0.25, -0.2) is 0 Å². The van der Waals surface area contributed by atoms with Crippen molar-refractivity contribution in [2.24, 2.45) is 5.92 Å².